The van der Waals surface area contributed by atoms with Gasteiger partial charge in [-0.1, -0.05) is 38.3 Å². The van der Waals surface area contributed by atoms with Crippen molar-refractivity contribution in [1.82, 2.24) is 0 Å². The monoisotopic (exact) mass is 351 g/mol. The number of unbranched alkanes of at least 4 members (excludes halogenated alkanes) is 3. The molecular formula is C20H33NO4. The number of rotatable bonds is 11. The van der Waals surface area contributed by atoms with Crippen molar-refractivity contribution < 1.29 is 20.1 Å². The zero-order valence-corrected chi connectivity index (χ0v) is 15.3. The number of aliphatic hydroxyl groups excluding tert-OH is 2. The number of hydrogen-bond donors (Lipinski definition) is 3. The van der Waals surface area contributed by atoms with E-state index in [-0.39, 0.29) is 24.5 Å². The molecule has 5 heteroatoms. The second kappa shape index (κ2) is 10.1. The summed E-state index contributed by atoms with van der Waals surface area (Å²) in [5.74, 6) is -0.328. The van der Waals surface area contributed by atoms with Crippen LogP contribution in [0.4, 0.5) is 0 Å². The molecule has 2 aliphatic rings. The van der Waals surface area contributed by atoms with Crippen molar-refractivity contribution in [2.24, 2.45) is 16.8 Å². The number of fused-ring (bicyclic) bond motifs is 1. The van der Waals surface area contributed by atoms with Crippen LogP contribution >= 0.6 is 0 Å². The van der Waals surface area contributed by atoms with Gasteiger partial charge in [-0.05, 0) is 44.4 Å². The van der Waals surface area contributed by atoms with Gasteiger partial charge in [0.15, 0.2) is 0 Å². The lowest BCUT2D eigenvalue weighted by Gasteiger charge is -2.17. The fourth-order valence-electron chi connectivity index (χ4n) is 4.10. The Labute approximate surface area is 150 Å². The highest BCUT2D eigenvalue weighted by Crippen LogP contribution is 2.42. The standard InChI is InChI=1S/C20H33NO4/c1-2-3-4-8-15(22)10-11-16-17-12-14(7-5-6-9-20(24)25)21-18(17)13-19(16)23/h10-11,15-19,22-23H,2-9,12-13H2,1H3,(H,24,25)/b11-10+/t15-,16+,17+,18-,19+/m0/s1. The Bertz CT molecular complexity index is 488. The molecule has 1 aliphatic carbocycles. The van der Waals surface area contributed by atoms with Crippen LogP contribution in [-0.4, -0.2) is 45.3 Å². The van der Waals surface area contributed by atoms with Crippen LogP contribution in [0.25, 0.3) is 0 Å². The smallest absolute Gasteiger partial charge is 0.303 e. The number of carboxylic acids is 1. The molecule has 3 N–H and O–H groups in total. The molecule has 0 radical (unpaired) electrons. The average molecular weight is 351 g/mol. The normalized spacial score (nSPS) is 29.8. The quantitative estimate of drug-likeness (QED) is 0.393. The van der Waals surface area contributed by atoms with Gasteiger partial charge in [-0.3, -0.25) is 9.79 Å². The van der Waals surface area contributed by atoms with Crippen LogP contribution in [0.2, 0.25) is 0 Å². The van der Waals surface area contributed by atoms with Crippen LogP contribution in [0, 0.1) is 11.8 Å². The first-order valence-electron chi connectivity index (χ1n) is 9.83. The molecule has 2 rings (SSSR count). The molecule has 1 fully saturated rings. The lowest BCUT2D eigenvalue weighted by molar-refractivity contribution is -0.137. The maximum atomic E-state index is 10.6. The Kier molecular flexibility index (Phi) is 8.10. The van der Waals surface area contributed by atoms with Crippen LogP contribution in [0.1, 0.15) is 71.1 Å². The van der Waals surface area contributed by atoms with Crippen LogP contribution < -0.4 is 0 Å². The van der Waals surface area contributed by atoms with Gasteiger partial charge in [0.1, 0.15) is 0 Å². The van der Waals surface area contributed by atoms with Crippen molar-refractivity contribution >= 4 is 11.7 Å². The Hall–Kier alpha value is -1.20. The number of nitrogens with zero attached hydrogens (tertiary/aromatic N) is 1. The molecule has 0 aromatic carbocycles. The van der Waals surface area contributed by atoms with E-state index < -0.39 is 12.1 Å². The number of carboxylic acid groups (broad SMARTS) is 1. The number of hydrogen-bond acceptors (Lipinski definition) is 4. The Morgan fingerprint density at radius 1 is 1.32 bits per heavy atom. The second-order valence-corrected chi connectivity index (χ2v) is 7.56. The van der Waals surface area contributed by atoms with E-state index in [4.69, 9.17) is 10.1 Å². The topological polar surface area (TPSA) is 90.1 Å². The fourth-order valence-corrected chi connectivity index (χ4v) is 4.10. The van der Waals surface area contributed by atoms with E-state index in [2.05, 4.69) is 6.92 Å². The van der Waals surface area contributed by atoms with Crippen LogP contribution in [-0.2, 0) is 4.79 Å². The van der Waals surface area contributed by atoms with Crippen molar-refractivity contribution in [3.63, 3.8) is 0 Å². The van der Waals surface area contributed by atoms with E-state index in [1.165, 1.54) is 5.71 Å². The first-order valence-corrected chi connectivity index (χ1v) is 9.83. The van der Waals surface area contributed by atoms with Crippen molar-refractivity contribution in [3.05, 3.63) is 12.2 Å². The Balaban J connectivity index is 1.78. The maximum absolute atomic E-state index is 10.6. The summed E-state index contributed by atoms with van der Waals surface area (Å²) in [6, 6.07) is 0.191. The van der Waals surface area contributed by atoms with Crippen molar-refractivity contribution in [2.75, 3.05) is 0 Å². The van der Waals surface area contributed by atoms with Crippen molar-refractivity contribution in [3.8, 4) is 0 Å². The summed E-state index contributed by atoms with van der Waals surface area (Å²) in [6.07, 6.45) is 11.4. The Morgan fingerprint density at radius 2 is 2.12 bits per heavy atom. The molecule has 0 bridgehead atoms. The molecule has 0 aromatic heterocycles. The molecule has 1 heterocycles. The number of aliphatic hydroxyl groups is 2. The molecule has 0 aromatic rings. The molecule has 142 valence electrons. The zero-order valence-electron chi connectivity index (χ0n) is 15.3. The molecule has 25 heavy (non-hydrogen) atoms. The zero-order chi connectivity index (χ0) is 18.2. The lowest BCUT2D eigenvalue weighted by atomic mass is 9.88. The molecule has 0 amide bonds. The largest absolute Gasteiger partial charge is 0.481 e. The van der Waals surface area contributed by atoms with E-state index in [1.807, 2.05) is 12.2 Å². The molecule has 0 saturated heterocycles. The number of aliphatic imine (C=N–C) groups is 1. The molecular weight excluding hydrogens is 318 g/mol. The Morgan fingerprint density at radius 3 is 2.84 bits per heavy atom. The SMILES string of the molecule is CCCCC[C@H](O)/C=C/[C@@H]1[C@H]2CC(CCCCC(=O)O)=N[C@H]2C[C@H]1O. The highest BCUT2D eigenvalue weighted by Gasteiger charge is 2.44. The number of carbonyl (C=O) groups is 1. The van der Waals surface area contributed by atoms with E-state index >= 15 is 0 Å². The van der Waals surface area contributed by atoms with Gasteiger partial charge in [0.05, 0.1) is 18.2 Å². The van der Waals surface area contributed by atoms with Gasteiger partial charge >= 0.3 is 5.97 Å². The van der Waals surface area contributed by atoms with Gasteiger partial charge in [-0.2, -0.15) is 0 Å². The van der Waals surface area contributed by atoms with Gasteiger partial charge < -0.3 is 15.3 Å². The van der Waals surface area contributed by atoms with E-state index in [0.29, 0.717) is 18.8 Å². The number of aliphatic carboxylic acids is 1. The van der Waals surface area contributed by atoms with E-state index in [1.54, 1.807) is 0 Å². The minimum absolute atomic E-state index is 0.0751. The van der Waals surface area contributed by atoms with Gasteiger partial charge in [0.25, 0.3) is 0 Å². The second-order valence-electron chi connectivity index (χ2n) is 7.56. The van der Waals surface area contributed by atoms with Gasteiger partial charge in [0, 0.05) is 18.1 Å². The molecule has 1 saturated carbocycles. The summed E-state index contributed by atoms with van der Waals surface area (Å²) in [4.78, 5) is 15.3. The van der Waals surface area contributed by atoms with Gasteiger partial charge in [-0.25, -0.2) is 0 Å². The summed E-state index contributed by atoms with van der Waals surface area (Å²) in [6.45, 7) is 2.15. The first-order chi connectivity index (χ1) is 12.0. The summed E-state index contributed by atoms with van der Waals surface area (Å²) in [5, 5.41) is 29.1. The maximum Gasteiger partial charge on any atom is 0.303 e. The summed E-state index contributed by atoms with van der Waals surface area (Å²) >= 11 is 0. The van der Waals surface area contributed by atoms with Crippen molar-refractivity contribution in [2.45, 2.75) is 89.4 Å². The third-order valence-electron chi connectivity index (χ3n) is 5.50. The van der Waals surface area contributed by atoms with Crippen molar-refractivity contribution in [1.29, 1.82) is 0 Å². The molecule has 0 spiro atoms. The highest BCUT2D eigenvalue weighted by atomic mass is 16.4. The van der Waals surface area contributed by atoms with Gasteiger partial charge in [-0.15, -0.1) is 0 Å². The van der Waals surface area contributed by atoms with E-state index in [0.717, 1.165) is 44.9 Å². The molecule has 5 atom stereocenters. The van der Waals surface area contributed by atoms with Gasteiger partial charge in [0.2, 0.25) is 0 Å². The first kappa shape index (κ1) is 20.1. The molecule has 5 nitrogen and oxygen atoms in total. The highest BCUT2D eigenvalue weighted by molar-refractivity contribution is 5.86. The predicted molar refractivity (Wildman–Crippen MR) is 98.8 cm³/mol. The average Bonchev–Trinajstić information content (AvgIpc) is 3.06. The summed E-state index contributed by atoms with van der Waals surface area (Å²) < 4.78 is 0. The van der Waals surface area contributed by atoms with Crippen LogP contribution in [0.3, 0.4) is 0 Å². The lowest BCUT2D eigenvalue weighted by Crippen LogP contribution is -2.19. The summed E-state index contributed by atoms with van der Waals surface area (Å²) in [7, 11) is 0. The third-order valence-corrected chi connectivity index (χ3v) is 5.50. The third kappa shape index (κ3) is 6.23. The van der Waals surface area contributed by atoms with E-state index in [9.17, 15) is 15.0 Å². The summed E-state index contributed by atoms with van der Waals surface area (Å²) in [5.41, 5.74) is 1.18. The molecule has 0 unspecified atom stereocenters. The van der Waals surface area contributed by atoms with Crippen LogP contribution in [0.5, 0.6) is 0 Å². The minimum atomic E-state index is -0.740. The van der Waals surface area contributed by atoms with Crippen LogP contribution in [0.15, 0.2) is 17.1 Å². The fraction of sp³-hybridized carbons (Fsp3) is 0.800. The predicted octanol–water partition coefficient (Wildman–Crippen LogP) is 3.34. The molecule has 1 aliphatic heterocycles. The minimum Gasteiger partial charge on any atom is -0.481 e.